The van der Waals surface area contributed by atoms with Crippen LogP contribution in [-0.4, -0.2) is 177 Å². The molecule has 3 fully saturated rings. The summed E-state index contributed by atoms with van der Waals surface area (Å²) >= 11 is 11.2. The molecule has 11 aromatic rings. The second-order valence-corrected chi connectivity index (χ2v) is 34.7. The van der Waals surface area contributed by atoms with E-state index in [2.05, 4.69) is 136 Å². The van der Waals surface area contributed by atoms with Crippen molar-refractivity contribution in [1.82, 2.24) is 44.6 Å². The van der Waals surface area contributed by atoms with E-state index in [9.17, 15) is 14.4 Å². The molecule has 3 aromatic heterocycles. The number of carbonyl (C=O) groups excluding carboxylic acids is 3. The first-order chi connectivity index (χ1) is 58.7. The number of nitrogens with zero attached hydrogens (tertiary/aromatic N) is 14. The zero-order valence-electron chi connectivity index (χ0n) is 69.6. The first-order valence-electron chi connectivity index (χ1n) is 40.9. The van der Waals surface area contributed by atoms with Crippen LogP contribution in [0.4, 0.5) is 31.8 Å². The van der Waals surface area contributed by atoms with Crippen molar-refractivity contribution in [3.63, 3.8) is 0 Å². The van der Waals surface area contributed by atoms with Crippen molar-refractivity contribution in [2.75, 3.05) is 105 Å². The molecule has 0 N–H and O–H groups in total. The maximum Gasteiger partial charge on any atom is 0.410 e. The highest BCUT2D eigenvalue weighted by atomic mass is 35.5. The molecule has 8 aromatic carbocycles. The van der Waals surface area contributed by atoms with Crippen molar-refractivity contribution in [3.05, 3.63) is 270 Å². The quantitative estimate of drug-likeness (QED) is 0.0404. The van der Waals surface area contributed by atoms with Crippen molar-refractivity contribution in [2.24, 2.45) is 0 Å². The van der Waals surface area contributed by atoms with Crippen LogP contribution in [0.3, 0.4) is 0 Å². The van der Waals surface area contributed by atoms with Crippen molar-refractivity contribution >= 4 is 115 Å². The highest BCUT2D eigenvalue weighted by Gasteiger charge is 2.41. The van der Waals surface area contributed by atoms with Crippen LogP contribution in [0, 0.1) is 27.0 Å². The minimum absolute atomic E-state index is 0.0591. The van der Waals surface area contributed by atoms with Gasteiger partial charge in [-0.05, 0) is 132 Å². The second-order valence-electron chi connectivity index (χ2n) is 31.9. The zero-order chi connectivity index (χ0) is 84.4. The summed E-state index contributed by atoms with van der Waals surface area (Å²) in [6.07, 6.45) is 6.52. The van der Waals surface area contributed by atoms with E-state index in [0.717, 1.165) is 83.8 Å². The first kappa shape index (κ1) is 85.2. The van der Waals surface area contributed by atoms with Gasteiger partial charge in [-0.3, -0.25) is 9.80 Å². The summed E-state index contributed by atoms with van der Waals surface area (Å²) in [6, 6.07) is 56.4. The Morgan fingerprint density at radius 1 is 0.471 bits per heavy atom. The van der Waals surface area contributed by atoms with Crippen LogP contribution in [0.2, 0.25) is 5.02 Å². The number of anilines is 3. The van der Waals surface area contributed by atoms with Crippen molar-refractivity contribution in [3.8, 4) is 0 Å². The van der Waals surface area contributed by atoms with Crippen LogP contribution >= 0.6 is 46.9 Å². The number of aryl methyl sites for hydroxylation is 2. The predicted molar refractivity (Wildman–Crippen MR) is 478 cm³/mol. The fourth-order valence-electron chi connectivity index (χ4n) is 17.0. The van der Waals surface area contributed by atoms with Crippen LogP contribution in [0.1, 0.15) is 119 Å². The van der Waals surface area contributed by atoms with E-state index in [1.165, 1.54) is 67.3 Å². The van der Waals surface area contributed by atoms with E-state index in [1.807, 2.05) is 118 Å². The number of ether oxygens (including phenoxy) is 6. The van der Waals surface area contributed by atoms with Gasteiger partial charge in [0.25, 0.3) is 0 Å². The Kier molecular flexibility index (Phi) is 27.1. The number of hydrogen-bond acceptors (Lipinski definition) is 21. The van der Waals surface area contributed by atoms with Gasteiger partial charge >= 0.3 is 18.3 Å². The standard InChI is InChI=1S/C33H33N5O3S.C32H30ClN5O3S.C29H36N4O3S/c1-22-9-7-12-24-13-8-14-26(30(22)24)29-17-28-27(21-40-29)31(36-32(35-28)42-3)37-15-16-38(25(19-37)18-34-2)33(39)41-20-23-10-5-4-6-11-23;1-34-17-23-18-37(14-15-38(23)32(39)41-19-21-8-4-3-5-9-21)30-25-20-40-28(16-27(25)35-31(36-30)42-2)24-12-6-10-22-11-7-13-26(33)29(22)24;1-18-9-7-10-20-11-8-12-21(25(18)20)24-15-23-22(17-35-24)26(31-27(30-23)37-6)33-14-13-32(16-19(33)2)28(34)36-29(3,4)5/h4-14,25,29H,15-21H2,1,3H3;3-13,23,28H,14-20H2,2H3;7-12,19,24H,13-17H2,1-6H3/t25-,29?;23-,28?;19-,24?/m000/s1. The summed E-state index contributed by atoms with van der Waals surface area (Å²) in [4.78, 5) is 87.4. The van der Waals surface area contributed by atoms with E-state index in [0.29, 0.717) is 113 Å². The van der Waals surface area contributed by atoms with Crippen molar-refractivity contribution < 1.29 is 42.8 Å². The van der Waals surface area contributed by atoms with Crippen LogP contribution < -0.4 is 14.7 Å². The molecule has 0 saturated carbocycles. The number of amides is 3. The Morgan fingerprint density at radius 2 is 0.860 bits per heavy atom. The van der Waals surface area contributed by atoms with E-state index >= 15 is 0 Å². The maximum atomic E-state index is 13.1. The van der Waals surface area contributed by atoms with Gasteiger partial charge in [-0.15, -0.1) is 0 Å². The van der Waals surface area contributed by atoms with Gasteiger partial charge in [-0.2, -0.15) is 0 Å². The van der Waals surface area contributed by atoms with Gasteiger partial charge in [0.05, 0.1) is 55.2 Å². The fourth-order valence-corrected chi connectivity index (χ4v) is 18.5. The number of halogens is 1. The van der Waals surface area contributed by atoms with Crippen LogP contribution in [0.5, 0.6) is 0 Å². The molecule has 624 valence electrons. The van der Waals surface area contributed by atoms with E-state index in [4.69, 9.17) is 83.1 Å². The Hall–Kier alpha value is -10.8. The normalized spacial score (nSPS) is 18.9. The number of aromatic nitrogens is 6. The van der Waals surface area contributed by atoms with Gasteiger partial charge in [0.15, 0.2) is 15.5 Å². The van der Waals surface area contributed by atoms with E-state index in [-0.39, 0.29) is 68.8 Å². The van der Waals surface area contributed by atoms with Gasteiger partial charge in [-0.1, -0.05) is 211 Å². The van der Waals surface area contributed by atoms with Crippen molar-refractivity contribution in [1.29, 1.82) is 0 Å². The lowest BCUT2D eigenvalue weighted by Gasteiger charge is -2.42. The molecule has 3 amide bonds. The molecular weight excluding hydrogens is 1600 g/mol. The lowest BCUT2D eigenvalue weighted by atomic mass is 9.92. The highest BCUT2D eigenvalue weighted by Crippen LogP contribution is 2.44. The van der Waals surface area contributed by atoms with Crippen LogP contribution in [0.15, 0.2) is 185 Å². The molecular formula is C94H99ClN14O9S3. The van der Waals surface area contributed by atoms with Crippen molar-refractivity contribution in [2.45, 2.75) is 151 Å². The summed E-state index contributed by atoms with van der Waals surface area (Å²) in [7, 11) is 0. The first-order valence-corrected chi connectivity index (χ1v) is 45.0. The molecule has 6 atom stereocenters. The molecule has 121 heavy (non-hydrogen) atoms. The summed E-state index contributed by atoms with van der Waals surface area (Å²) in [5.74, 6) is 2.58. The zero-order valence-corrected chi connectivity index (χ0v) is 72.8. The third-order valence-corrected chi connectivity index (χ3v) is 24.9. The molecule has 23 nitrogen and oxygen atoms in total. The Morgan fingerprint density at radius 3 is 1.26 bits per heavy atom. The lowest BCUT2D eigenvalue weighted by molar-refractivity contribution is 0.0209. The van der Waals surface area contributed by atoms with Crippen LogP contribution in [-0.2, 0) is 80.7 Å². The van der Waals surface area contributed by atoms with Gasteiger partial charge < -0.3 is 57.7 Å². The summed E-state index contributed by atoms with van der Waals surface area (Å²) in [5.41, 5.74) is 13.3. The minimum Gasteiger partial charge on any atom is -0.445 e. The van der Waals surface area contributed by atoms with Gasteiger partial charge in [-0.25, -0.2) is 57.4 Å². The number of thioether (sulfide) groups is 3. The molecule has 0 radical (unpaired) electrons. The third kappa shape index (κ3) is 19.4. The van der Waals surface area contributed by atoms with Gasteiger partial charge in [0.1, 0.15) is 48.4 Å². The summed E-state index contributed by atoms with van der Waals surface area (Å²) in [5, 5.41) is 9.91. The molecule has 17 rings (SSSR count). The van der Waals surface area contributed by atoms with Gasteiger partial charge in [0.2, 0.25) is 13.1 Å². The average Bonchev–Trinajstić information content (AvgIpc) is 0.769. The van der Waals surface area contributed by atoms with E-state index in [1.54, 1.807) is 26.5 Å². The molecule has 27 heteroatoms. The number of fused-ring (bicyclic) bond motifs is 6. The van der Waals surface area contributed by atoms with E-state index < -0.39 is 17.8 Å². The Bertz CT molecular complexity index is 5440. The number of benzene rings is 8. The maximum absolute atomic E-state index is 13.1. The molecule has 0 spiro atoms. The summed E-state index contributed by atoms with van der Waals surface area (Å²) < 4.78 is 36.3. The number of carbonyl (C=O) groups is 3. The van der Waals surface area contributed by atoms with Crippen LogP contribution in [0.25, 0.3) is 42.0 Å². The Balaban J connectivity index is 0.000000142. The number of hydrogen-bond donors (Lipinski definition) is 0. The highest BCUT2D eigenvalue weighted by molar-refractivity contribution is 7.98. The third-order valence-electron chi connectivity index (χ3n) is 22.9. The molecule has 6 aliphatic heterocycles. The lowest BCUT2D eigenvalue weighted by Crippen LogP contribution is -2.57. The minimum atomic E-state index is -0.507. The number of piperazine rings is 3. The molecule has 3 unspecified atom stereocenters. The molecule has 9 heterocycles. The number of rotatable bonds is 15. The summed E-state index contributed by atoms with van der Waals surface area (Å²) in [6.45, 7) is 34.1. The Labute approximate surface area is 724 Å². The SMILES string of the molecule is CSc1nc2c(c(N3CCN(C(=O)OC(C)(C)C)C[C@@H]3C)n1)COC(c1cccc3cccc(C)c13)C2.[C-]#[N+]C[C@H]1CN(c2nc(SC)nc3c2COC(c2cccc4cccc(C)c24)C3)CCN1C(=O)OCc1ccccc1.[C-]#[N+]C[C@H]1CN(c2nc(SC)nc3c2COC(c2cccc4cccc(Cl)c24)C3)CCN1C(=O)OCc1ccccc1. The molecule has 0 aliphatic carbocycles. The molecule has 6 aliphatic rings. The second kappa shape index (κ2) is 38.5. The average molecular weight is 1700 g/mol. The molecule has 3 saturated heterocycles. The smallest absolute Gasteiger partial charge is 0.410 e. The molecule has 0 bridgehead atoms. The van der Waals surface area contributed by atoms with Gasteiger partial charge in [0, 0.05) is 111 Å². The monoisotopic (exact) mass is 1700 g/mol. The predicted octanol–water partition coefficient (Wildman–Crippen LogP) is 18.7. The largest absolute Gasteiger partial charge is 0.445 e. The topological polar surface area (TPSA) is 212 Å². The fraction of sp³-hybridized carbons (Fsp3) is 0.372.